The van der Waals surface area contributed by atoms with E-state index in [-0.39, 0.29) is 5.92 Å². The van der Waals surface area contributed by atoms with Crippen LogP contribution in [-0.2, 0) is 4.79 Å². The molecule has 0 bridgehead atoms. The normalized spacial score (nSPS) is 12.6. The Labute approximate surface area is 96.5 Å². The van der Waals surface area contributed by atoms with Crippen LogP contribution in [0.5, 0.6) is 0 Å². The predicted octanol–water partition coefficient (Wildman–Crippen LogP) is 2.82. The Balaban J connectivity index is 2.94. The maximum Gasteiger partial charge on any atom is 0.326 e. The second-order valence-corrected chi connectivity index (χ2v) is 4.45. The third-order valence-corrected chi connectivity index (χ3v) is 2.85. The zero-order valence-electron chi connectivity index (χ0n) is 10.2. The van der Waals surface area contributed by atoms with Gasteiger partial charge in [0.2, 0.25) is 0 Å². The van der Waals surface area contributed by atoms with Gasteiger partial charge in [0.05, 0.1) is 0 Å². The number of hydrogen-bond acceptors (Lipinski definition) is 2. The maximum atomic E-state index is 11.1. The van der Waals surface area contributed by atoms with Crippen LogP contribution in [0.25, 0.3) is 0 Å². The van der Waals surface area contributed by atoms with Gasteiger partial charge < -0.3 is 10.4 Å². The van der Waals surface area contributed by atoms with Crippen molar-refractivity contribution in [3.05, 3.63) is 29.3 Å². The molecule has 0 radical (unpaired) electrons. The summed E-state index contributed by atoms with van der Waals surface area (Å²) in [4.78, 5) is 11.1. The minimum Gasteiger partial charge on any atom is -0.480 e. The summed E-state index contributed by atoms with van der Waals surface area (Å²) in [5, 5.41) is 12.2. The van der Waals surface area contributed by atoms with Gasteiger partial charge in [0, 0.05) is 5.69 Å². The summed E-state index contributed by atoms with van der Waals surface area (Å²) in [6.45, 7) is 7.82. The van der Waals surface area contributed by atoms with Crippen molar-refractivity contribution in [3.63, 3.8) is 0 Å². The Morgan fingerprint density at radius 2 is 1.94 bits per heavy atom. The van der Waals surface area contributed by atoms with Gasteiger partial charge >= 0.3 is 5.97 Å². The van der Waals surface area contributed by atoms with E-state index < -0.39 is 12.0 Å². The van der Waals surface area contributed by atoms with Gasteiger partial charge in [0.1, 0.15) is 6.04 Å². The zero-order valence-corrected chi connectivity index (χ0v) is 10.2. The Hall–Kier alpha value is -1.51. The molecule has 0 aliphatic heterocycles. The highest BCUT2D eigenvalue weighted by molar-refractivity contribution is 5.78. The molecule has 0 heterocycles. The first kappa shape index (κ1) is 12.6. The molecule has 1 aromatic carbocycles. The monoisotopic (exact) mass is 221 g/mol. The molecular weight excluding hydrogens is 202 g/mol. The molecular formula is C13H19NO2. The van der Waals surface area contributed by atoms with E-state index in [4.69, 9.17) is 5.11 Å². The van der Waals surface area contributed by atoms with Crippen LogP contribution in [0.2, 0.25) is 0 Å². The largest absolute Gasteiger partial charge is 0.480 e. The van der Waals surface area contributed by atoms with Crippen molar-refractivity contribution in [2.24, 2.45) is 5.92 Å². The van der Waals surface area contributed by atoms with E-state index in [2.05, 4.69) is 5.32 Å². The number of rotatable bonds is 4. The number of carbonyl (C=O) groups is 1. The highest BCUT2D eigenvalue weighted by atomic mass is 16.4. The molecule has 3 heteroatoms. The Morgan fingerprint density at radius 1 is 1.31 bits per heavy atom. The molecule has 2 N–H and O–H groups in total. The number of hydrogen-bond donors (Lipinski definition) is 2. The van der Waals surface area contributed by atoms with Crippen LogP contribution >= 0.6 is 0 Å². The lowest BCUT2D eigenvalue weighted by Gasteiger charge is -2.21. The van der Waals surface area contributed by atoms with Gasteiger partial charge in [-0.25, -0.2) is 4.79 Å². The van der Waals surface area contributed by atoms with E-state index in [1.165, 1.54) is 0 Å². The summed E-state index contributed by atoms with van der Waals surface area (Å²) in [5.41, 5.74) is 3.17. The Kier molecular flexibility index (Phi) is 3.93. The van der Waals surface area contributed by atoms with Crippen molar-refractivity contribution < 1.29 is 9.90 Å². The second kappa shape index (κ2) is 5.01. The predicted molar refractivity (Wildman–Crippen MR) is 65.8 cm³/mol. The van der Waals surface area contributed by atoms with Crippen LogP contribution in [0.15, 0.2) is 18.2 Å². The van der Waals surface area contributed by atoms with E-state index in [0.29, 0.717) is 0 Å². The number of aliphatic carboxylic acids is 1. The smallest absolute Gasteiger partial charge is 0.326 e. The van der Waals surface area contributed by atoms with Crippen LogP contribution < -0.4 is 5.32 Å². The molecule has 0 spiro atoms. The summed E-state index contributed by atoms with van der Waals surface area (Å²) in [6, 6.07) is 5.33. The molecule has 0 aliphatic rings. The van der Waals surface area contributed by atoms with Crippen LogP contribution in [-0.4, -0.2) is 17.1 Å². The topological polar surface area (TPSA) is 49.3 Å². The molecule has 88 valence electrons. The Morgan fingerprint density at radius 3 is 2.44 bits per heavy atom. The molecule has 0 aromatic heterocycles. The Bertz CT molecular complexity index is 386. The quantitative estimate of drug-likeness (QED) is 0.822. The number of anilines is 1. The fourth-order valence-corrected chi connectivity index (χ4v) is 1.59. The fraction of sp³-hybridized carbons (Fsp3) is 0.462. The highest BCUT2D eigenvalue weighted by Crippen LogP contribution is 2.20. The molecule has 0 unspecified atom stereocenters. The molecule has 1 atom stereocenters. The van der Waals surface area contributed by atoms with Gasteiger partial charge in [-0.1, -0.05) is 26.0 Å². The maximum absolute atomic E-state index is 11.1. The summed E-state index contributed by atoms with van der Waals surface area (Å²) in [5.74, 6) is -0.756. The average molecular weight is 221 g/mol. The lowest BCUT2D eigenvalue weighted by molar-refractivity contribution is -0.138. The average Bonchev–Trinajstić information content (AvgIpc) is 2.19. The van der Waals surface area contributed by atoms with Crippen molar-refractivity contribution in [3.8, 4) is 0 Å². The third-order valence-electron chi connectivity index (χ3n) is 2.85. The number of nitrogens with one attached hydrogen (secondary N) is 1. The lowest BCUT2D eigenvalue weighted by Crippen LogP contribution is -2.34. The van der Waals surface area contributed by atoms with Crippen molar-refractivity contribution in [2.45, 2.75) is 33.7 Å². The minimum atomic E-state index is -0.809. The van der Waals surface area contributed by atoms with Gasteiger partial charge in [-0.2, -0.15) is 0 Å². The number of benzene rings is 1. The van der Waals surface area contributed by atoms with Crippen LogP contribution in [0.3, 0.4) is 0 Å². The number of aryl methyl sites for hydroxylation is 1. The van der Waals surface area contributed by atoms with Crippen molar-refractivity contribution in [1.82, 2.24) is 0 Å². The summed E-state index contributed by atoms with van der Waals surface area (Å²) in [7, 11) is 0. The van der Waals surface area contributed by atoms with E-state index in [9.17, 15) is 4.79 Å². The first-order chi connectivity index (χ1) is 7.43. The second-order valence-electron chi connectivity index (χ2n) is 4.45. The molecule has 16 heavy (non-hydrogen) atoms. The third kappa shape index (κ3) is 2.75. The van der Waals surface area contributed by atoms with Gasteiger partial charge in [-0.05, 0) is 37.0 Å². The molecule has 0 saturated carbocycles. The van der Waals surface area contributed by atoms with Crippen molar-refractivity contribution in [2.75, 3.05) is 5.32 Å². The van der Waals surface area contributed by atoms with E-state index >= 15 is 0 Å². The summed E-state index contributed by atoms with van der Waals surface area (Å²) < 4.78 is 0. The molecule has 1 rings (SSSR count). The van der Waals surface area contributed by atoms with E-state index in [0.717, 1.165) is 16.8 Å². The van der Waals surface area contributed by atoms with Gasteiger partial charge in [-0.3, -0.25) is 0 Å². The molecule has 1 aromatic rings. The summed E-state index contributed by atoms with van der Waals surface area (Å²) >= 11 is 0. The lowest BCUT2D eigenvalue weighted by atomic mass is 10.0. The van der Waals surface area contributed by atoms with Gasteiger partial charge in [0.15, 0.2) is 0 Å². The molecule has 0 amide bonds. The SMILES string of the molecule is Cc1cccc(N[C@H](C(=O)O)C(C)C)c1C. The van der Waals surface area contributed by atoms with Crippen molar-refractivity contribution in [1.29, 1.82) is 0 Å². The van der Waals surface area contributed by atoms with Gasteiger partial charge in [0.25, 0.3) is 0 Å². The van der Waals surface area contributed by atoms with Crippen LogP contribution in [0.1, 0.15) is 25.0 Å². The number of carboxylic acid groups (broad SMARTS) is 1. The minimum absolute atomic E-state index is 0.0532. The highest BCUT2D eigenvalue weighted by Gasteiger charge is 2.21. The van der Waals surface area contributed by atoms with E-state index in [1.54, 1.807) is 0 Å². The first-order valence-electron chi connectivity index (χ1n) is 5.49. The van der Waals surface area contributed by atoms with Crippen LogP contribution in [0, 0.1) is 19.8 Å². The number of carboxylic acids is 1. The molecule has 0 saturated heterocycles. The summed E-state index contributed by atoms with van der Waals surface area (Å²) in [6.07, 6.45) is 0. The molecule has 0 aliphatic carbocycles. The molecule has 3 nitrogen and oxygen atoms in total. The molecule has 0 fully saturated rings. The first-order valence-corrected chi connectivity index (χ1v) is 5.49. The van der Waals surface area contributed by atoms with Gasteiger partial charge in [-0.15, -0.1) is 0 Å². The standard InChI is InChI=1S/C13H19NO2/c1-8(2)12(13(15)16)14-11-7-5-6-9(3)10(11)4/h5-8,12,14H,1-4H3,(H,15,16)/t12-/m0/s1. The van der Waals surface area contributed by atoms with Crippen LogP contribution in [0.4, 0.5) is 5.69 Å². The van der Waals surface area contributed by atoms with Crippen molar-refractivity contribution >= 4 is 11.7 Å². The van der Waals surface area contributed by atoms with E-state index in [1.807, 2.05) is 45.9 Å². The fourth-order valence-electron chi connectivity index (χ4n) is 1.59. The zero-order chi connectivity index (χ0) is 12.3.